The predicted molar refractivity (Wildman–Crippen MR) is 96.9 cm³/mol. The van der Waals surface area contributed by atoms with E-state index in [1.807, 2.05) is 0 Å². The van der Waals surface area contributed by atoms with Gasteiger partial charge in [0.25, 0.3) is 0 Å². The van der Waals surface area contributed by atoms with E-state index in [-0.39, 0.29) is 13.0 Å². The van der Waals surface area contributed by atoms with Crippen LogP contribution in [0.2, 0.25) is 0 Å². The monoisotopic (exact) mass is 396 g/mol. The van der Waals surface area contributed by atoms with Crippen molar-refractivity contribution < 1.29 is 34.3 Å². The highest BCUT2D eigenvalue weighted by Crippen LogP contribution is 2.23. The SMILES string of the molecule is CCCCCCCCO[C@H]1O[C@H](COC(=O)CCCCl)[C@@H](O)[C@H](O)[C@H]1O. The van der Waals surface area contributed by atoms with Crippen molar-refractivity contribution in [1.82, 2.24) is 0 Å². The molecule has 1 heterocycles. The Hall–Kier alpha value is -0.440. The van der Waals surface area contributed by atoms with Crippen LogP contribution in [0.1, 0.15) is 58.3 Å². The quantitative estimate of drug-likeness (QED) is 0.247. The van der Waals surface area contributed by atoms with E-state index in [9.17, 15) is 20.1 Å². The van der Waals surface area contributed by atoms with Crippen LogP contribution in [0.5, 0.6) is 0 Å². The zero-order valence-electron chi connectivity index (χ0n) is 15.5. The van der Waals surface area contributed by atoms with Gasteiger partial charge in [-0.25, -0.2) is 0 Å². The molecule has 1 fully saturated rings. The van der Waals surface area contributed by atoms with Crippen LogP contribution in [0.15, 0.2) is 0 Å². The Labute approximate surface area is 160 Å². The molecule has 7 nitrogen and oxygen atoms in total. The number of unbranched alkanes of at least 4 members (excludes halogenated alkanes) is 5. The predicted octanol–water partition coefficient (Wildman–Crippen LogP) is 1.73. The summed E-state index contributed by atoms with van der Waals surface area (Å²) in [5.41, 5.74) is 0. The Kier molecular flexibility index (Phi) is 12.4. The van der Waals surface area contributed by atoms with Gasteiger partial charge < -0.3 is 29.5 Å². The Bertz CT molecular complexity index is 383. The maximum atomic E-state index is 11.5. The van der Waals surface area contributed by atoms with Crippen LogP contribution >= 0.6 is 11.6 Å². The molecule has 0 aromatic heterocycles. The average Bonchev–Trinajstić information content (AvgIpc) is 2.64. The van der Waals surface area contributed by atoms with Crippen LogP contribution in [0.4, 0.5) is 0 Å². The van der Waals surface area contributed by atoms with Crippen LogP contribution in [-0.2, 0) is 19.0 Å². The second kappa shape index (κ2) is 13.7. The van der Waals surface area contributed by atoms with Crippen LogP contribution in [0.25, 0.3) is 0 Å². The number of hydrogen-bond donors (Lipinski definition) is 3. The molecule has 0 spiro atoms. The van der Waals surface area contributed by atoms with Gasteiger partial charge in [0.05, 0.1) is 0 Å². The number of aliphatic hydroxyl groups excluding tert-OH is 3. The molecule has 1 aliphatic heterocycles. The molecule has 1 aliphatic rings. The van der Waals surface area contributed by atoms with Crippen LogP contribution < -0.4 is 0 Å². The molecule has 0 aromatic rings. The van der Waals surface area contributed by atoms with Crippen molar-refractivity contribution in [3.63, 3.8) is 0 Å². The number of hydrogen-bond acceptors (Lipinski definition) is 7. The standard InChI is InChI=1S/C18H33ClO7/c1-2-3-4-5-6-7-11-24-18-17(23)16(22)15(21)13(26-18)12-25-14(20)9-8-10-19/h13,15-18,21-23H,2-12H2,1H3/t13-,15-,16+,17-,18+/m1/s1. The number of rotatable bonds is 13. The van der Waals surface area contributed by atoms with Gasteiger partial charge in [0.15, 0.2) is 6.29 Å². The molecule has 8 heteroatoms. The second-order valence-electron chi connectivity index (χ2n) is 6.63. The van der Waals surface area contributed by atoms with Crippen molar-refractivity contribution in [1.29, 1.82) is 0 Å². The summed E-state index contributed by atoms with van der Waals surface area (Å²) in [6.07, 6.45) is 1.11. The number of esters is 1. The Morgan fingerprint density at radius 1 is 1.00 bits per heavy atom. The lowest BCUT2D eigenvalue weighted by atomic mass is 9.99. The van der Waals surface area contributed by atoms with Gasteiger partial charge in [-0.05, 0) is 12.8 Å². The van der Waals surface area contributed by atoms with E-state index in [2.05, 4.69) is 6.92 Å². The van der Waals surface area contributed by atoms with Crippen LogP contribution in [0.3, 0.4) is 0 Å². The molecule has 0 bridgehead atoms. The fourth-order valence-corrected chi connectivity index (χ4v) is 2.87. The summed E-state index contributed by atoms with van der Waals surface area (Å²) in [7, 11) is 0. The van der Waals surface area contributed by atoms with Crippen LogP contribution in [-0.4, -0.2) is 71.1 Å². The van der Waals surface area contributed by atoms with E-state index >= 15 is 0 Å². The first kappa shape index (κ1) is 23.6. The molecule has 0 saturated carbocycles. The highest BCUT2D eigenvalue weighted by molar-refractivity contribution is 6.17. The minimum Gasteiger partial charge on any atom is -0.463 e. The van der Waals surface area contributed by atoms with Gasteiger partial charge >= 0.3 is 5.97 Å². The van der Waals surface area contributed by atoms with E-state index in [4.69, 9.17) is 25.8 Å². The van der Waals surface area contributed by atoms with Crippen molar-refractivity contribution in [2.45, 2.75) is 89.0 Å². The first-order valence-electron chi connectivity index (χ1n) is 9.54. The molecule has 154 valence electrons. The zero-order valence-corrected chi connectivity index (χ0v) is 16.3. The highest BCUT2D eigenvalue weighted by atomic mass is 35.5. The molecule has 0 amide bonds. The summed E-state index contributed by atoms with van der Waals surface area (Å²) >= 11 is 5.52. The second-order valence-corrected chi connectivity index (χ2v) is 7.01. The third kappa shape index (κ3) is 8.50. The van der Waals surface area contributed by atoms with E-state index in [0.717, 1.165) is 19.3 Å². The maximum absolute atomic E-state index is 11.5. The number of carbonyl (C=O) groups excluding carboxylic acids is 1. The summed E-state index contributed by atoms with van der Waals surface area (Å²) < 4.78 is 16.1. The Balaban J connectivity index is 2.35. The molecular formula is C18H33ClO7. The Morgan fingerprint density at radius 3 is 2.38 bits per heavy atom. The number of halogens is 1. The van der Waals surface area contributed by atoms with Gasteiger partial charge in [0.1, 0.15) is 31.0 Å². The van der Waals surface area contributed by atoms with Gasteiger partial charge in [-0.1, -0.05) is 39.0 Å². The molecule has 0 aromatic carbocycles. The van der Waals surface area contributed by atoms with Crippen molar-refractivity contribution >= 4 is 17.6 Å². The van der Waals surface area contributed by atoms with Crippen molar-refractivity contribution in [3.8, 4) is 0 Å². The topological polar surface area (TPSA) is 105 Å². The largest absolute Gasteiger partial charge is 0.463 e. The minimum atomic E-state index is -1.43. The van der Waals surface area contributed by atoms with E-state index in [1.54, 1.807) is 0 Å². The molecule has 1 saturated heterocycles. The summed E-state index contributed by atoms with van der Waals surface area (Å²) in [6.45, 7) is 2.33. The average molecular weight is 397 g/mol. The third-order valence-electron chi connectivity index (χ3n) is 4.37. The van der Waals surface area contributed by atoms with E-state index in [1.165, 1.54) is 19.3 Å². The zero-order chi connectivity index (χ0) is 19.4. The molecule has 0 unspecified atom stereocenters. The van der Waals surface area contributed by atoms with Crippen LogP contribution in [0, 0.1) is 0 Å². The third-order valence-corrected chi connectivity index (χ3v) is 4.64. The number of carbonyl (C=O) groups is 1. The fraction of sp³-hybridized carbons (Fsp3) is 0.944. The summed E-state index contributed by atoms with van der Waals surface area (Å²) in [5, 5.41) is 30.0. The van der Waals surface area contributed by atoms with E-state index in [0.29, 0.717) is 18.9 Å². The van der Waals surface area contributed by atoms with Gasteiger partial charge in [-0.3, -0.25) is 4.79 Å². The fourth-order valence-electron chi connectivity index (χ4n) is 2.73. The molecule has 1 rings (SSSR count). The first-order chi connectivity index (χ1) is 12.5. The highest BCUT2D eigenvalue weighted by Gasteiger charge is 2.44. The van der Waals surface area contributed by atoms with Gasteiger partial charge in [0, 0.05) is 18.9 Å². The lowest BCUT2D eigenvalue weighted by Crippen LogP contribution is -2.59. The number of aliphatic hydroxyl groups is 3. The smallest absolute Gasteiger partial charge is 0.305 e. The van der Waals surface area contributed by atoms with Crippen molar-refractivity contribution in [2.75, 3.05) is 19.1 Å². The summed E-state index contributed by atoms with van der Waals surface area (Å²) in [6, 6.07) is 0. The molecule has 26 heavy (non-hydrogen) atoms. The molecule has 0 radical (unpaired) electrons. The minimum absolute atomic E-state index is 0.176. The van der Waals surface area contributed by atoms with Gasteiger partial charge in [-0.2, -0.15) is 0 Å². The summed E-state index contributed by atoms with van der Waals surface area (Å²) in [5.74, 6) is -0.0942. The molecule has 3 N–H and O–H groups in total. The normalized spacial score (nSPS) is 28.9. The molecule has 0 aliphatic carbocycles. The lowest BCUT2D eigenvalue weighted by molar-refractivity contribution is -0.301. The maximum Gasteiger partial charge on any atom is 0.305 e. The van der Waals surface area contributed by atoms with Gasteiger partial charge in [0.2, 0.25) is 0 Å². The first-order valence-corrected chi connectivity index (χ1v) is 10.1. The molecule has 5 atom stereocenters. The lowest BCUT2D eigenvalue weighted by Gasteiger charge is -2.40. The number of ether oxygens (including phenoxy) is 3. The Morgan fingerprint density at radius 2 is 1.69 bits per heavy atom. The van der Waals surface area contributed by atoms with Gasteiger partial charge in [-0.15, -0.1) is 11.6 Å². The van der Waals surface area contributed by atoms with E-state index < -0.39 is 36.7 Å². The summed E-state index contributed by atoms with van der Waals surface area (Å²) in [4.78, 5) is 11.5. The number of alkyl halides is 1. The van der Waals surface area contributed by atoms with Crippen molar-refractivity contribution in [2.24, 2.45) is 0 Å². The molecular weight excluding hydrogens is 364 g/mol. The van der Waals surface area contributed by atoms with Crippen molar-refractivity contribution in [3.05, 3.63) is 0 Å².